The molecule has 0 bridgehead atoms. The minimum atomic E-state index is -0.430. The third-order valence-corrected chi connectivity index (χ3v) is 3.86. The van der Waals surface area contributed by atoms with Gasteiger partial charge in [-0.25, -0.2) is 0 Å². The molecular weight excluding hydrogens is 214 g/mol. The van der Waals surface area contributed by atoms with Crippen LogP contribution < -0.4 is 5.73 Å². The number of rotatable bonds is 2. The zero-order chi connectivity index (χ0) is 12.8. The Morgan fingerprint density at radius 3 is 2.47 bits per heavy atom. The van der Waals surface area contributed by atoms with Crippen molar-refractivity contribution in [3.63, 3.8) is 0 Å². The monoisotopic (exact) mass is 237 g/mol. The maximum atomic E-state index is 6.53. The van der Waals surface area contributed by atoms with E-state index in [0.29, 0.717) is 17.6 Å². The SMILES string of the molecule is CC(C)c1nc(C2(N)CC(C)(C)CC2C)no1. The van der Waals surface area contributed by atoms with Crippen LogP contribution in [0.25, 0.3) is 0 Å². The molecule has 1 saturated carbocycles. The highest BCUT2D eigenvalue weighted by atomic mass is 16.5. The second-order valence-corrected chi connectivity index (χ2v) is 6.60. The van der Waals surface area contributed by atoms with Gasteiger partial charge in [0.1, 0.15) is 0 Å². The van der Waals surface area contributed by atoms with Gasteiger partial charge in [0.2, 0.25) is 5.89 Å². The van der Waals surface area contributed by atoms with E-state index < -0.39 is 5.54 Å². The lowest BCUT2D eigenvalue weighted by atomic mass is 9.86. The Hall–Kier alpha value is -0.900. The van der Waals surface area contributed by atoms with Crippen LogP contribution in [0.4, 0.5) is 0 Å². The van der Waals surface area contributed by atoms with Crippen molar-refractivity contribution in [2.75, 3.05) is 0 Å². The Bertz CT molecular complexity index is 411. The van der Waals surface area contributed by atoms with Crippen LogP contribution >= 0.6 is 0 Å². The summed E-state index contributed by atoms with van der Waals surface area (Å²) >= 11 is 0. The summed E-state index contributed by atoms with van der Waals surface area (Å²) in [5, 5.41) is 4.10. The third-order valence-electron chi connectivity index (χ3n) is 3.86. The normalized spacial score (nSPS) is 32.3. The van der Waals surface area contributed by atoms with Crippen molar-refractivity contribution in [2.45, 2.75) is 58.9 Å². The fraction of sp³-hybridized carbons (Fsp3) is 0.846. The zero-order valence-corrected chi connectivity index (χ0v) is 11.4. The first-order valence-corrected chi connectivity index (χ1v) is 6.37. The van der Waals surface area contributed by atoms with Gasteiger partial charge in [-0.1, -0.05) is 39.8 Å². The molecule has 2 atom stereocenters. The summed E-state index contributed by atoms with van der Waals surface area (Å²) in [7, 11) is 0. The van der Waals surface area contributed by atoms with E-state index in [1.54, 1.807) is 0 Å². The summed E-state index contributed by atoms with van der Waals surface area (Å²) in [6, 6.07) is 0. The number of nitrogens with two attached hydrogens (primary N) is 1. The van der Waals surface area contributed by atoms with Gasteiger partial charge in [-0.3, -0.25) is 0 Å². The molecule has 0 aliphatic heterocycles. The highest BCUT2D eigenvalue weighted by molar-refractivity contribution is 5.13. The van der Waals surface area contributed by atoms with Gasteiger partial charge in [0.25, 0.3) is 0 Å². The largest absolute Gasteiger partial charge is 0.339 e. The van der Waals surface area contributed by atoms with Gasteiger partial charge in [0.05, 0.1) is 5.54 Å². The van der Waals surface area contributed by atoms with E-state index in [1.807, 2.05) is 13.8 Å². The molecule has 96 valence electrons. The molecule has 0 radical (unpaired) electrons. The molecule has 2 N–H and O–H groups in total. The van der Waals surface area contributed by atoms with Crippen molar-refractivity contribution in [1.82, 2.24) is 10.1 Å². The topological polar surface area (TPSA) is 64.9 Å². The van der Waals surface area contributed by atoms with Crippen LogP contribution in [0.5, 0.6) is 0 Å². The highest BCUT2D eigenvalue weighted by Gasteiger charge is 2.49. The number of aromatic nitrogens is 2. The quantitative estimate of drug-likeness (QED) is 0.859. The molecule has 4 nitrogen and oxygen atoms in total. The Morgan fingerprint density at radius 1 is 1.41 bits per heavy atom. The fourth-order valence-electron chi connectivity index (χ4n) is 3.01. The lowest BCUT2D eigenvalue weighted by molar-refractivity contribution is 0.292. The first kappa shape index (κ1) is 12.6. The van der Waals surface area contributed by atoms with Crippen LogP contribution in [0.1, 0.15) is 65.1 Å². The van der Waals surface area contributed by atoms with Gasteiger partial charge in [-0.05, 0) is 24.2 Å². The first-order chi connectivity index (χ1) is 7.74. The molecule has 0 aromatic carbocycles. The minimum absolute atomic E-state index is 0.254. The van der Waals surface area contributed by atoms with Crippen molar-refractivity contribution < 1.29 is 4.52 Å². The Balaban J connectivity index is 2.32. The van der Waals surface area contributed by atoms with Gasteiger partial charge >= 0.3 is 0 Å². The van der Waals surface area contributed by atoms with Gasteiger partial charge in [-0.2, -0.15) is 4.98 Å². The molecule has 2 unspecified atom stereocenters. The number of hydrogen-bond donors (Lipinski definition) is 1. The molecule has 0 amide bonds. The van der Waals surface area contributed by atoms with Crippen molar-refractivity contribution in [2.24, 2.45) is 17.1 Å². The molecule has 1 aromatic rings. The van der Waals surface area contributed by atoms with Gasteiger partial charge < -0.3 is 10.3 Å². The van der Waals surface area contributed by atoms with Crippen LogP contribution in [-0.4, -0.2) is 10.1 Å². The predicted molar refractivity (Wildman–Crippen MR) is 66.4 cm³/mol. The Morgan fingerprint density at radius 2 is 2.06 bits per heavy atom. The van der Waals surface area contributed by atoms with Crippen LogP contribution in [0.2, 0.25) is 0 Å². The summed E-state index contributed by atoms with van der Waals surface area (Å²) < 4.78 is 5.28. The van der Waals surface area contributed by atoms with Crippen molar-refractivity contribution in [1.29, 1.82) is 0 Å². The molecule has 1 fully saturated rings. The lowest BCUT2D eigenvalue weighted by Crippen LogP contribution is -2.40. The minimum Gasteiger partial charge on any atom is -0.339 e. The predicted octanol–water partition coefficient (Wildman–Crippen LogP) is 2.80. The molecule has 1 aromatic heterocycles. The van der Waals surface area contributed by atoms with Crippen LogP contribution in [-0.2, 0) is 5.54 Å². The number of hydrogen-bond acceptors (Lipinski definition) is 4. The Labute approximate surface area is 103 Å². The first-order valence-electron chi connectivity index (χ1n) is 6.37. The highest BCUT2D eigenvalue weighted by Crippen LogP contribution is 2.50. The second kappa shape index (κ2) is 3.80. The van der Waals surface area contributed by atoms with Crippen LogP contribution in [0.3, 0.4) is 0 Å². The van der Waals surface area contributed by atoms with Crippen molar-refractivity contribution in [3.05, 3.63) is 11.7 Å². The standard InChI is InChI=1S/C13H23N3O/c1-8(2)10-15-11(16-17-10)13(14)7-12(4,5)6-9(13)3/h8-9H,6-7,14H2,1-5H3. The van der Waals surface area contributed by atoms with E-state index in [-0.39, 0.29) is 11.3 Å². The van der Waals surface area contributed by atoms with Gasteiger partial charge in [0, 0.05) is 5.92 Å². The smallest absolute Gasteiger partial charge is 0.229 e. The molecule has 4 heteroatoms. The molecular formula is C13H23N3O. The summed E-state index contributed by atoms with van der Waals surface area (Å²) in [5.74, 6) is 2.00. The van der Waals surface area contributed by atoms with E-state index >= 15 is 0 Å². The van der Waals surface area contributed by atoms with E-state index in [2.05, 4.69) is 30.9 Å². The maximum absolute atomic E-state index is 6.53. The summed E-state index contributed by atoms with van der Waals surface area (Å²) in [6.45, 7) is 10.8. The summed E-state index contributed by atoms with van der Waals surface area (Å²) in [5.41, 5.74) is 6.35. The number of nitrogens with zero attached hydrogens (tertiary/aromatic N) is 2. The summed E-state index contributed by atoms with van der Waals surface area (Å²) in [4.78, 5) is 4.48. The van der Waals surface area contributed by atoms with E-state index in [0.717, 1.165) is 12.8 Å². The average Bonchev–Trinajstić information content (AvgIpc) is 2.70. The van der Waals surface area contributed by atoms with Crippen LogP contribution in [0, 0.1) is 11.3 Å². The van der Waals surface area contributed by atoms with Gasteiger partial charge in [0.15, 0.2) is 5.82 Å². The molecule has 1 aliphatic rings. The van der Waals surface area contributed by atoms with Crippen molar-refractivity contribution >= 4 is 0 Å². The second-order valence-electron chi connectivity index (χ2n) is 6.60. The zero-order valence-electron chi connectivity index (χ0n) is 11.4. The van der Waals surface area contributed by atoms with Crippen LogP contribution in [0.15, 0.2) is 4.52 Å². The van der Waals surface area contributed by atoms with E-state index in [1.165, 1.54) is 0 Å². The third kappa shape index (κ3) is 2.10. The lowest BCUT2D eigenvalue weighted by Gasteiger charge is -2.25. The molecule has 0 spiro atoms. The average molecular weight is 237 g/mol. The van der Waals surface area contributed by atoms with Gasteiger partial charge in [-0.15, -0.1) is 0 Å². The molecule has 17 heavy (non-hydrogen) atoms. The maximum Gasteiger partial charge on any atom is 0.229 e. The molecule has 0 saturated heterocycles. The summed E-state index contributed by atoms with van der Waals surface area (Å²) in [6.07, 6.45) is 2.02. The molecule has 2 rings (SSSR count). The molecule has 1 heterocycles. The van der Waals surface area contributed by atoms with Crippen molar-refractivity contribution in [3.8, 4) is 0 Å². The molecule has 1 aliphatic carbocycles. The van der Waals surface area contributed by atoms with E-state index in [9.17, 15) is 0 Å². The van der Waals surface area contributed by atoms with E-state index in [4.69, 9.17) is 10.3 Å². The fourth-order valence-corrected chi connectivity index (χ4v) is 3.01. The Kier molecular flexibility index (Phi) is 2.81.